The Morgan fingerprint density at radius 2 is 2.18 bits per heavy atom. The van der Waals surface area contributed by atoms with Crippen LogP contribution in [-0.4, -0.2) is 38.1 Å². The maximum atomic E-state index is 11.8. The zero-order valence-electron chi connectivity index (χ0n) is 9.86. The highest BCUT2D eigenvalue weighted by Crippen LogP contribution is 2.26. The molecule has 1 aromatic carbocycles. The summed E-state index contributed by atoms with van der Waals surface area (Å²) in [5.41, 5.74) is 0.697. The fourth-order valence-electron chi connectivity index (χ4n) is 1.23. The second kappa shape index (κ2) is 7.74. The lowest BCUT2D eigenvalue weighted by molar-refractivity contribution is 0.102. The zero-order valence-corrected chi connectivity index (χ0v) is 12.3. The fraction of sp³-hybridized carbons (Fsp3) is 0.417. The van der Waals surface area contributed by atoms with Gasteiger partial charge >= 0.3 is 0 Å². The molecule has 0 N–H and O–H groups in total. The molecule has 3 nitrogen and oxygen atoms in total. The van der Waals surface area contributed by atoms with E-state index in [0.29, 0.717) is 17.9 Å². The highest BCUT2D eigenvalue weighted by atomic mass is 79.9. The fourth-order valence-corrected chi connectivity index (χ4v) is 2.55. The van der Waals surface area contributed by atoms with Gasteiger partial charge in [0.25, 0.3) is 0 Å². The summed E-state index contributed by atoms with van der Waals surface area (Å²) in [6, 6.07) is 5.36. The molecule has 0 bridgehead atoms. The first kappa shape index (κ1) is 14.5. The van der Waals surface area contributed by atoms with Crippen LogP contribution in [0, 0.1) is 0 Å². The molecular formula is C12H15BrO3S. The number of rotatable bonds is 7. The van der Waals surface area contributed by atoms with Gasteiger partial charge in [0.05, 0.1) is 23.9 Å². The number of methoxy groups -OCH3 is 2. The zero-order chi connectivity index (χ0) is 12.7. The number of ether oxygens (including phenoxy) is 2. The third kappa shape index (κ3) is 4.69. The van der Waals surface area contributed by atoms with Gasteiger partial charge in [0, 0.05) is 18.4 Å². The molecule has 1 aromatic rings. The average Bonchev–Trinajstić information content (AvgIpc) is 2.34. The number of hydrogen-bond donors (Lipinski definition) is 0. The normalized spacial score (nSPS) is 10.3. The first-order chi connectivity index (χ1) is 8.19. The summed E-state index contributed by atoms with van der Waals surface area (Å²) in [6.07, 6.45) is 0. The summed E-state index contributed by atoms with van der Waals surface area (Å²) in [6.45, 7) is 0.671. The lowest BCUT2D eigenvalue weighted by Gasteiger charge is -2.05. The third-order valence-electron chi connectivity index (χ3n) is 2.14. The smallest absolute Gasteiger partial charge is 0.172 e. The molecule has 1 rings (SSSR count). The molecule has 0 atom stereocenters. The molecule has 0 aliphatic carbocycles. The van der Waals surface area contributed by atoms with E-state index in [1.165, 1.54) is 0 Å². The Balaban J connectivity index is 2.54. The van der Waals surface area contributed by atoms with E-state index in [1.54, 1.807) is 44.2 Å². The van der Waals surface area contributed by atoms with Gasteiger partial charge in [-0.3, -0.25) is 4.79 Å². The van der Waals surface area contributed by atoms with Gasteiger partial charge < -0.3 is 9.47 Å². The maximum absolute atomic E-state index is 11.8. The van der Waals surface area contributed by atoms with Crippen molar-refractivity contribution in [1.29, 1.82) is 0 Å². The van der Waals surface area contributed by atoms with Crippen LogP contribution in [0.15, 0.2) is 22.7 Å². The number of carbonyl (C=O) groups excluding carboxylic acids is 1. The molecule has 0 amide bonds. The van der Waals surface area contributed by atoms with Crippen LogP contribution in [0.25, 0.3) is 0 Å². The highest BCUT2D eigenvalue weighted by Gasteiger charge is 2.08. The predicted octanol–water partition coefficient (Wildman–Crippen LogP) is 3.02. The van der Waals surface area contributed by atoms with E-state index >= 15 is 0 Å². The van der Waals surface area contributed by atoms with E-state index in [9.17, 15) is 4.79 Å². The Hall–Kier alpha value is -0.520. The number of halogens is 1. The van der Waals surface area contributed by atoms with Gasteiger partial charge in [-0.1, -0.05) is 0 Å². The molecule has 0 unspecified atom stereocenters. The van der Waals surface area contributed by atoms with Gasteiger partial charge in [0.15, 0.2) is 5.78 Å². The number of carbonyl (C=O) groups is 1. The van der Waals surface area contributed by atoms with E-state index < -0.39 is 0 Å². The van der Waals surface area contributed by atoms with Crippen LogP contribution in [0.3, 0.4) is 0 Å². The van der Waals surface area contributed by atoms with Crippen molar-refractivity contribution in [3.05, 3.63) is 28.2 Å². The van der Waals surface area contributed by atoms with Crippen molar-refractivity contribution in [3.8, 4) is 5.75 Å². The maximum Gasteiger partial charge on any atom is 0.172 e. The molecule has 5 heteroatoms. The molecule has 0 radical (unpaired) electrons. The second-order valence-electron chi connectivity index (χ2n) is 3.32. The van der Waals surface area contributed by atoms with Gasteiger partial charge in [0.1, 0.15) is 5.75 Å². The molecule has 17 heavy (non-hydrogen) atoms. The third-order valence-corrected chi connectivity index (χ3v) is 3.68. The van der Waals surface area contributed by atoms with Crippen molar-refractivity contribution < 1.29 is 14.3 Å². The summed E-state index contributed by atoms with van der Waals surface area (Å²) in [4.78, 5) is 11.8. The standard InChI is InChI=1S/C12H15BrO3S/c1-15-5-6-17-8-11(14)9-3-4-12(16-2)10(13)7-9/h3-4,7H,5-6,8H2,1-2H3. The molecule has 0 saturated heterocycles. The highest BCUT2D eigenvalue weighted by molar-refractivity contribution is 9.10. The van der Waals surface area contributed by atoms with Crippen LogP contribution in [-0.2, 0) is 4.74 Å². The van der Waals surface area contributed by atoms with Gasteiger partial charge in [-0.05, 0) is 34.1 Å². The number of Topliss-reactive ketones (excluding diaryl/α,β-unsaturated/α-hetero) is 1. The number of ketones is 1. The van der Waals surface area contributed by atoms with Gasteiger partial charge in [-0.2, -0.15) is 11.8 Å². The van der Waals surface area contributed by atoms with Crippen molar-refractivity contribution >= 4 is 33.5 Å². The molecule has 94 valence electrons. The Labute approximate surface area is 114 Å². The molecule has 0 spiro atoms. The quantitative estimate of drug-likeness (QED) is 0.572. The van der Waals surface area contributed by atoms with Crippen molar-refractivity contribution in [2.45, 2.75) is 0 Å². The Kier molecular flexibility index (Phi) is 6.62. The number of thioether (sulfide) groups is 1. The van der Waals surface area contributed by atoms with Crippen LogP contribution in [0.1, 0.15) is 10.4 Å². The van der Waals surface area contributed by atoms with Crippen molar-refractivity contribution in [2.75, 3.05) is 32.3 Å². The second-order valence-corrected chi connectivity index (χ2v) is 5.28. The van der Waals surface area contributed by atoms with E-state index in [-0.39, 0.29) is 5.78 Å². The van der Waals surface area contributed by atoms with Crippen LogP contribution < -0.4 is 4.74 Å². The van der Waals surface area contributed by atoms with Crippen molar-refractivity contribution in [1.82, 2.24) is 0 Å². The molecule has 0 fully saturated rings. The Morgan fingerprint density at radius 3 is 2.76 bits per heavy atom. The number of benzene rings is 1. The topological polar surface area (TPSA) is 35.5 Å². The lowest BCUT2D eigenvalue weighted by Crippen LogP contribution is -2.04. The molecule has 0 saturated carbocycles. The van der Waals surface area contributed by atoms with E-state index in [4.69, 9.17) is 9.47 Å². The van der Waals surface area contributed by atoms with Crippen LogP contribution in [0.4, 0.5) is 0 Å². The molecular weight excluding hydrogens is 304 g/mol. The predicted molar refractivity (Wildman–Crippen MR) is 74.2 cm³/mol. The first-order valence-corrected chi connectivity index (χ1v) is 7.07. The molecule has 0 aliphatic rings. The SMILES string of the molecule is COCCSCC(=O)c1ccc(OC)c(Br)c1. The minimum Gasteiger partial charge on any atom is -0.496 e. The molecule has 0 heterocycles. The van der Waals surface area contributed by atoms with Gasteiger partial charge in [-0.25, -0.2) is 0 Å². The summed E-state index contributed by atoms with van der Waals surface area (Å²) < 4.78 is 10.8. The van der Waals surface area contributed by atoms with E-state index in [2.05, 4.69) is 15.9 Å². The Bertz CT molecular complexity index is 382. The van der Waals surface area contributed by atoms with E-state index in [1.807, 2.05) is 0 Å². The average molecular weight is 319 g/mol. The lowest BCUT2D eigenvalue weighted by atomic mass is 10.1. The van der Waals surface area contributed by atoms with Crippen LogP contribution >= 0.6 is 27.7 Å². The molecule has 0 aliphatic heterocycles. The summed E-state index contributed by atoms with van der Waals surface area (Å²) in [7, 11) is 3.26. The van der Waals surface area contributed by atoms with Gasteiger partial charge in [-0.15, -0.1) is 0 Å². The number of hydrogen-bond acceptors (Lipinski definition) is 4. The van der Waals surface area contributed by atoms with E-state index in [0.717, 1.165) is 16.0 Å². The molecule has 0 aromatic heterocycles. The minimum atomic E-state index is 0.120. The monoisotopic (exact) mass is 318 g/mol. The summed E-state index contributed by atoms with van der Waals surface area (Å²) >= 11 is 4.94. The van der Waals surface area contributed by atoms with Crippen LogP contribution in [0.5, 0.6) is 5.75 Å². The first-order valence-electron chi connectivity index (χ1n) is 5.12. The van der Waals surface area contributed by atoms with Crippen molar-refractivity contribution in [2.24, 2.45) is 0 Å². The summed E-state index contributed by atoms with van der Waals surface area (Å²) in [5, 5.41) is 0. The van der Waals surface area contributed by atoms with Crippen LogP contribution in [0.2, 0.25) is 0 Å². The summed E-state index contributed by atoms with van der Waals surface area (Å²) in [5.74, 6) is 2.16. The minimum absolute atomic E-state index is 0.120. The Morgan fingerprint density at radius 1 is 1.41 bits per heavy atom. The largest absolute Gasteiger partial charge is 0.496 e. The van der Waals surface area contributed by atoms with Gasteiger partial charge in [0.2, 0.25) is 0 Å². The van der Waals surface area contributed by atoms with Crippen molar-refractivity contribution in [3.63, 3.8) is 0 Å².